The van der Waals surface area contributed by atoms with Gasteiger partial charge in [-0.05, 0) is 168 Å². The summed E-state index contributed by atoms with van der Waals surface area (Å²) in [6.45, 7) is 35.4. The second-order valence-corrected chi connectivity index (χ2v) is 32.4. The molecule has 0 unspecified atom stereocenters. The molecule has 444 valence electrons. The molecule has 0 amide bonds. The molecule has 0 atom stereocenters. The van der Waals surface area contributed by atoms with E-state index >= 15 is 0 Å². The number of hydrogen-bond donors (Lipinski definition) is 0. The number of fused-ring (bicyclic) bond motifs is 15. The fraction of sp³-hybridized carbons (Fsp3) is 0.241. The summed E-state index contributed by atoms with van der Waals surface area (Å²) in [5, 5.41) is 0. The van der Waals surface area contributed by atoms with Crippen LogP contribution in [-0.2, 0) is 32.5 Å². The maximum Gasteiger partial charge on any atom is 0.249 e. The molecule has 0 saturated heterocycles. The van der Waals surface area contributed by atoms with Crippen LogP contribution < -0.4 is 21.3 Å². The summed E-state index contributed by atoms with van der Waals surface area (Å²) >= 11 is 2.01. The molecule has 0 radical (unpaired) electrons. The minimum Gasteiger partial charge on any atom is -0.310 e. The van der Waals surface area contributed by atoms with Gasteiger partial charge in [0.25, 0.3) is 0 Å². The first-order valence-corrected chi connectivity index (χ1v) is 33.5. The summed E-state index contributed by atoms with van der Waals surface area (Å²) in [4.78, 5) is 5.42. The van der Waals surface area contributed by atoms with Crippen LogP contribution in [0.1, 0.15) is 154 Å². The van der Waals surface area contributed by atoms with Crippen LogP contribution in [0.3, 0.4) is 0 Å². The smallest absolute Gasteiger partial charge is 0.249 e. The molecule has 0 bridgehead atoms. The molecule has 11 aromatic rings. The third-order valence-corrected chi connectivity index (χ3v) is 21.5. The van der Waals surface area contributed by atoms with Gasteiger partial charge < -0.3 is 4.90 Å². The van der Waals surface area contributed by atoms with Crippen LogP contribution in [0.25, 0.3) is 66.8 Å². The minimum absolute atomic E-state index is 0.0628. The Hall–Kier alpha value is -8.37. The van der Waals surface area contributed by atoms with Gasteiger partial charge in [0.05, 0.1) is 11.1 Å². The summed E-state index contributed by atoms with van der Waals surface area (Å²) in [7, 11) is 0. The van der Waals surface area contributed by atoms with Gasteiger partial charge in [-0.15, -0.1) is 0 Å². The molecule has 0 aromatic heterocycles. The summed E-state index contributed by atoms with van der Waals surface area (Å²) < 4.78 is 0. The van der Waals surface area contributed by atoms with E-state index in [1.807, 2.05) is 11.8 Å². The van der Waals surface area contributed by atoms with E-state index in [9.17, 15) is 0 Å². The lowest BCUT2D eigenvalue weighted by Gasteiger charge is -2.43. The van der Waals surface area contributed by atoms with Crippen molar-refractivity contribution in [2.75, 3.05) is 4.90 Å². The van der Waals surface area contributed by atoms with Crippen molar-refractivity contribution in [2.45, 2.75) is 146 Å². The van der Waals surface area contributed by atoms with Gasteiger partial charge >= 0.3 is 0 Å². The summed E-state index contributed by atoms with van der Waals surface area (Å²) in [5.41, 5.74) is 34.0. The molecular weight excluding hydrogens is 1100 g/mol. The van der Waals surface area contributed by atoms with Crippen LogP contribution >= 0.6 is 11.8 Å². The van der Waals surface area contributed by atoms with E-state index < -0.39 is 5.41 Å². The van der Waals surface area contributed by atoms with Gasteiger partial charge in [-0.2, -0.15) is 0 Å². The summed E-state index contributed by atoms with van der Waals surface area (Å²) in [6.07, 6.45) is 0. The van der Waals surface area contributed by atoms with Crippen LogP contribution in [0.5, 0.6) is 0 Å². The molecule has 0 fully saturated rings. The van der Waals surface area contributed by atoms with Gasteiger partial charge in [0.15, 0.2) is 0 Å². The first kappa shape index (κ1) is 58.0. The first-order valence-electron chi connectivity index (χ1n) is 32.7. The average Bonchev–Trinajstić information content (AvgIpc) is 1.43. The molecule has 11 aromatic carbocycles. The van der Waals surface area contributed by atoms with Gasteiger partial charge in [-0.3, -0.25) is 0 Å². The fourth-order valence-electron chi connectivity index (χ4n) is 15.3. The Kier molecular flexibility index (Phi) is 13.1. The molecule has 1 nitrogen and oxygen atoms in total. The van der Waals surface area contributed by atoms with Crippen molar-refractivity contribution in [2.24, 2.45) is 0 Å². The molecule has 1 spiro atoms. The van der Waals surface area contributed by atoms with Crippen LogP contribution in [0.4, 0.5) is 17.1 Å². The Balaban J connectivity index is 1.10. The van der Waals surface area contributed by atoms with Crippen LogP contribution in [0.15, 0.2) is 234 Å². The highest BCUT2D eigenvalue weighted by atomic mass is 32.2. The zero-order valence-electron chi connectivity index (χ0n) is 55.3. The number of nitrogens with zero attached hydrogens (tertiary/aromatic N) is 1. The monoisotopic (exact) mass is 1180 g/mol. The predicted octanol–water partition coefficient (Wildman–Crippen LogP) is 21.9. The molecule has 15 rings (SSSR count). The highest BCUT2D eigenvalue weighted by Crippen LogP contribution is 2.65. The molecule has 2 aliphatic heterocycles. The lowest BCUT2D eigenvalue weighted by Crippen LogP contribution is -2.60. The van der Waals surface area contributed by atoms with Crippen molar-refractivity contribution in [1.82, 2.24) is 0 Å². The Morgan fingerprint density at radius 1 is 0.311 bits per heavy atom. The SMILES string of the molecule is CC(C)(C)c1cc(-c2ccc3c(c2)N(c2c(-c4ccccc4)cc(C(C)(C)C)cc2-c2ccccc2)c2cc(-c4cc(C(C)(C)C)cc(C(C)(C)C)c4)cc4c2B3c2ccc3c(c2S4)-c2ccccc2C32c3ccccc3-c3ccccc32)cc(C(C)(C)C)c1. The van der Waals surface area contributed by atoms with E-state index in [0.717, 1.165) is 0 Å². The summed E-state index contributed by atoms with van der Waals surface area (Å²) in [5.74, 6) is 0. The zero-order valence-corrected chi connectivity index (χ0v) is 56.1. The Morgan fingerprint density at radius 2 is 0.711 bits per heavy atom. The molecule has 2 aliphatic carbocycles. The Bertz CT molecular complexity index is 4590. The van der Waals surface area contributed by atoms with E-state index in [-0.39, 0.29) is 33.8 Å². The van der Waals surface area contributed by atoms with E-state index in [0.29, 0.717) is 0 Å². The van der Waals surface area contributed by atoms with Crippen molar-refractivity contribution in [3.05, 3.63) is 275 Å². The van der Waals surface area contributed by atoms with Gasteiger partial charge in [-0.25, -0.2) is 0 Å². The largest absolute Gasteiger partial charge is 0.310 e. The second-order valence-electron chi connectivity index (χ2n) is 31.3. The van der Waals surface area contributed by atoms with Crippen LogP contribution in [0, 0.1) is 0 Å². The van der Waals surface area contributed by atoms with Crippen LogP contribution in [-0.4, -0.2) is 6.71 Å². The van der Waals surface area contributed by atoms with E-state index in [2.05, 4.69) is 333 Å². The lowest BCUT2D eigenvalue weighted by molar-refractivity contribution is 0.568. The summed E-state index contributed by atoms with van der Waals surface area (Å²) in [6, 6.07) is 88.2. The third kappa shape index (κ3) is 9.10. The minimum atomic E-state index is -0.469. The van der Waals surface area contributed by atoms with E-state index in [1.54, 1.807) is 0 Å². The fourth-order valence-corrected chi connectivity index (χ4v) is 16.6. The molecule has 90 heavy (non-hydrogen) atoms. The zero-order chi connectivity index (χ0) is 62.8. The number of rotatable bonds is 5. The van der Waals surface area contributed by atoms with E-state index in [4.69, 9.17) is 0 Å². The van der Waals surface area contributed by atoms with Gasteiger partial charge in [0.2, 0.25) is 6.71 Å². The lowest BCUT2D eigenvalue weighted by atomic mass is 9.34. The highest BCUT2D eigenvalue weighted by Gasteiger charge is 2.54. The highest BCUT2D eigenvalue weighted by molar-refractivity contribution is 8.00. The van der Waals surface area contributed by atoms with Gasteiger partial charge in [0.1, 0.15) is 0 Å². The number of anilines is 3. The first-order chi connectivity index (χ1) is 42.8. The van der Waals surface area contributed by atoms with Gasteiger partial charge in [0, 0.05) is 37.9 Å². The number of benzene rings is 11. The second kappa shape index (κ2) is 20.3. The number of hydrogen-bond acceptors (Lipinski definition) is 2. The van der Waals surface area contributed by atoms with Crippen molar-refractivity contribution in [1.29, 1.82) is 0 Å². The predicted molar refractivity (Wildman–Crippen MR) is 388 cm³/mol. The maximum absolute atomic E-state index is 2.75. The molecular formula is C87H82BNS. The van der Waals surface area contributed by atoms with E-state index in [1.165, 1.54) is 160 Å². The molecule has 0 N–H and O–H groups in total. The molecule has 3 heteroatoms. The normalized spacial score (nSPS) is 14.4. The topological polar surface area (TPSA) is 3.24 Å². The Labute approximate surface area is 540 Å². The van der Waals surface area contributed by atoms with Crippen molar-refractivity contribution >= 4 is 51.9 Å². The van der Waals surface area contributed by atoms with Crippen molar-refractivity contribution < 1.29 is 0 Å². The molecule has 2 heterocycles. The average molecular weight is 1180 g/mol. The van der Waals surface area contributed by atoms with Crippen LogP contribution in [0.2, 0.25) is 0 Å². The molecule has 0 saturated carbocycles. The maximum atomic E-state index is 2.75. The van der Waals surface area contributed by atoms with Crippen molar-refractivity contribution in [3.8, 4) is 66.8 Å². The Morgan fingerprint density at radius 3 is 1.20 bits per heavy atom. The third-order valence-electron chi connectivity index (χ3n) is 20.3. The van der Waals surface area contributed by atoms with Crippen molar-refractivity contribution in [3.63, 3.8) is 0 Å². The van der Waals surface area contributed by atoms with Gasteiger partial charge in [-0.1, -0.05) is 315 Å². The molecule has 4 aliphatic rings. The standard InChI is InChI=1S/C87H82BNS/c1-82(2,3)59-42-56(43-60(49-59)83(4,5)6)55-38-40-73-75(46-55)89(80-67(53-28-18-16-19-29-53)51-63(86(13,14)15)52-68(80)54-30-20-17-21-31-54)76-47-58(57-44-61(84(7,8)9)50-62(45-57)85(10,11)12)48-77-79(76)88(73)74-41-39-72-78(81(74)90-77)66-34-24-27-37-71(66)87(72)69-35-25-22-32-64(69)65-33-23-26-36-70(65)87/h16-52H,1-15H3. The quantitative estimate of drug-likeness (QED) is 0.158.